The number of rotatable bonds is 2. The highest BCUT2D eigenvalue weighted by Crippen LogP contribution is 2.34. The zero-order chi connectivity index (χ0) is 14.1. The zero-order valence-electron chi connectivity index (χ0n) is 11.1. The maximum Gasteiger partial charge on any atom is 0.256 e. The van der Waals surface area contributed by atoms with E-state index in [1.807, 2.05) is 24.3 Å². The average Bonchev–Trinajstić information content (AvgIpc) is 2.76. The number of aryl methyl sites for hydroxylation is 1. The van der Waals surface area contributed by atoms with Crippen molar-refractivity contribution in [2.45, 2.75) is 13.3 Å². The summed E-state index contributed by atoms with van der Waals surface area (Å²) in [7, 11) is 0. The van der Waals surface area contributed by atoms with Gasteiger partial charge in [-0.15, -0.1) is 0 Å². The Morgan fingerprint density at radius 1 is 1.15 bits per heavy atom. The van der Waals surface area contributed by atoms with Crippen LogP contribution < -0.4 is 5.32 Å². The van der Waals surface area contributed by atoms with Gasteiger partial charge in [0.2, 0.25) is 0 Å². The van der Waals surface area contributed by atoms with Crippen LogP contribution in [0.1, 0.15) is 23.6 Å². The predicted octanol–water partition coefficient (Wildman–Crippen LogP) is 4.50. The van der Waals surface area contributed by atoms with Gasteiger partial charge < -0.3 is 5.32 Å². The minimum absolute atomic E-state index is 0.0438. The van der Waals surface area contributed by atoms with Crippen LogP contribution in [0.5, 0.6) is 0 Å². The molecule has 2 nitrogen and oxygen atoms in total. The Morgan fingerprint density at radius 2 is 1.90 bits per heavy atom. The van der Waals surface area contributed by atoms with E-state index in [1.54, 1.807) is 0 Å². The molecule has 1 N–H and O–H groups in total. The molecule has 0 aliphatic carbocycles. The molecule has 1 aliphatic heterocycles. The molecule has 0 radical (unpaired) electrons. The van der Waals surface area contributed by atoms with Gasteiger partial charge in [-0.05, 0) is 41.8 Å². The molecule has 0 spiro atoms. The van der Waals surface area contributed by atoms with Crippen LogP contribution in [0.15, 0.2) is 46.9 Å². The summed E-state index contributed by atoms with van der Waals surface area (Å²) < 4.78 is 0.972. The number of halogens is 1. The number of amides is 1. The first-order valence-corrected chi connectivity index (χ1v) is 7.38. The second kappa shape index (κ2) is 5.25. The lowest BCUT2D eigenvalue weighted by Crippen LogP contribution is -2.03. The number of nitrogens with one attached hydrogen (secondary N) is 1. The first-order chi connectivity index (χ1) is 9.67. The van der Waals surface area contributed by atoms with Crippen LogP contribution >= 0.6 is 15.9 Å². The lowest BCUT2D eigenvalue weighted by Gasteiger charge is -2.01. The number of anilines is 1. The SMILES string of the molecule is CCc1ccc(/C=C2\C(=O)Nc3ccc(Br)cc32)cc1. The highest BCUT2D eigenvalue weighted by molar-refractivity contribution is 9.10. The molecule has 0 atom stereocenters. The van der Waals surface area contributed by atoms with Crippen LogP contribution in [0.2, 0.25) is 0 Å². The number of carbonyl (C=O) groups is 1. The van der Waals surface area contributed by atoms with E-state index < -0.39 is 0 Å². The summed E-state index contributed by atoms with van der Waals surface area (Å²) in [6, 6.07) is 14.1. The second-order valence-corrected chi connectivity index (χ2v) is 5.71. The Hall–Kier alpha value is -1.87. The summed E-state index contributed by atoms with van der Waals surface area (Å²) in [5.74, 6) is -0.0438. The highest BCUT2D eigenvalue weighted by Gasteiger charge is 2.23. The third-order valence-electron chi connectivity index (χ3n) is 3.46. The van der Waals surface area contributed by atoms with E-state index in [2.05, 4.69) is 52.4 Å². The van der Waals surface area contributed by atoms with E-state index in [-0.39, 0.29) is 5.91 Å². The highest BCUT2D eigenvalue weighted by atomic mass is 79.9. The van der Waals surface area contributed by atoms with Crippen molar-refractivity contribution in [3.05, 3.63) is 63.6 Å². The van der Waals surface area contributed by atoms with Crippen molar-refractivity contribution >= 4 is 39.2 Å². The molecule has 0 saturated carbocycles. The maximum atomic E-state index is 12.1. The van der Waals surface area contributed by atoms with Gasteiger partial charge in [0.05, 0.1) is 0 Å². The number of fused-ring (bicyclic) bond motifs is 1. The summed E-state index contributed by atoms with van der Waals surface area (Å²) in [5.41, 5.74) is 4.87. The van der Waals surface area contributed by atoms with E-state index in [4.69, 9.17) is 0 Å². The van der Waals surface area contributed by atoms with Crippen molar-refractivity contribution < 1.29 is 4.79 Å². The van der Waals surface area contributed by atoms with Crippen LogP contribution in [0, 0.1) is 0 Å². The molecule has 0 aromatic heterocycles. The fourth-order valence-electron chi connectivity index (χ4n) is 2.32. The standard InChI is InChI=1S/C17H14BrNO/c1-2-11-3-5-12(6-4-11)9-15-14-10-13(18)7-8-16(14)19-17(15)20/h3-10H,2H2,1H3,(H,19,20)/b15-9-. The number of hydrogen-bond acceptors (Lipinski definition) is 1. The third kappa shape index (κ3) is 2.41. The normalized spacial score (nSPS) is 15.3. The van der Waals surface area contributed by atoms with Crippen molar-refractivity contribution in [1.82, 2.24) is 0 Å². The first kappa shape index (κ1) is 13.1. The molecule has 2 aromatic rings. The molecule has 20 heavy (non-hydrogen) atoms. The minimum Gasteiger partial charge on any atom is -0.321 e. The molecule has 2 aromatic carbocycles. The van der Waals surface area contributed by atoms with Gasteiger partial charge in [-0.1, -0.05) is 47.1 Å². The van der Waals surface area contributed by atoms with Crippen LogP contribution in [0.25, 0.3) is 11.6 Å². The largest absolute Gasteiger partial charge is 0.321 e. The van der Waals surface area contributed by atoms with Gasteiger partial charge in [-0.25, -0.2) is 0 Å². The summed E-state index contributed by atoms with van der Waals surface area (Å²) >= 11 is 3.45. The molecule has 1 amide bonds. The van der Waals surface area contributed by atoms with E-state index in [0.717, 1.165) is 27.7 Å². The average molecular weight is 328 g/mol. The zero-order valence-corrected chi connectivity index (χ0v) is 12.7. The van der Waals surface area contributed by atoms with Crippen molar-refractivity contribution in [2.75, 3.05) is 5.32 Å². The van der Waals surface area contributed by atoms with E-state index in [9.17, 15) is 4.79 Å². The van der Waals surface area contributed by atoms with E-state index >= 15 is 0 Å². The Balaban J connectivity index is 2.03. The van der Waals surface area contributed by atoms with Crippen LogP contribution in [0.4, 0.5) is 5.69 Å². The lowest BCUT2D eigenvalue weighted by atomic mass is 10.0. The predicted molar refractivity (Wildman–Crippen MR) is 86.5 cm³/mol. The Kier molecular flexibility index (Phi) is 3.45. The van der Waals surface area contributed by atoms with Crippen molar-refractivity contribution in [2.24, 2.45) is 0 Å². The molecule has 3 heteroatoms. The van der Waals surface area contributed by atoms with Gasteiger partial charge in [0, 0.05) is 21.3 Å². The Bertz CT molecular complexity index is 701. The lowest BCUT2D eigenvalue weighted by molar-refractivity contribution is -0.110. The molecular formula is C17H14BrNO. The second-order valence-electron chi connectivity index (χ2n) is 4.80. The van der Waals surface area contributed by atoms with Crippen molar-refractivity contribution in [1.29, 1.82) is 0 Å². The van der Waals surface area contributed by atoms with Gasteiger partial charge in [0.15, 0.2) is 0 Å². The molecule has 0 saturated heterocycles. The molecular weight excluding hydrogens is 314 g/mol. The van der Waals surface area contributed by atoms with Gasteiger partial charge in [-0.3, -0.25) is 4.79 Å². The van der Waals surface area contributed by atoms with E-state index in [0.29, 0.717) is 5.57 Å². The van der Waals surface area contributed by atoms with Crippen LogP contribution in [-0.2, 0) is 11.2 Å². The summed E-state index contributed by atoms with van der Waals surface area (Å²) in [5, 5.41) is 2.89. The number of hydrogen-bond donors (Lipinski definition) is 1. The van der Waals surface area contributed by atoms with Gasteiger partial charge in [0.1, 0.15) is 0 Å². The summed E-state index contributed by atoms with van der Waals surface area (Å²) in [6.07, 6.45) is 2.96. The topological polar surface area (TPSA) is 29.1 Å². The van der Waals surface area contributed by atoms with Crippen LogP contribution in [-0.4, -0.2) is 5.91 Å². The molecule has 1 aliphatic rings. The first-order valence-electron chi connectivity index (χ1n) is 6.59. The summed E-state index contributed by atoms with van der Waals surface area (Å²) in [6.45, 7) is 2.13. The summed E-state index contributed by atoms with van der Waals surface area (Å²) in [4.78, 5) is 12.1. The quantitative estimate of drug-likeness (QED) is 0.808. The molecule has 100 valence electrons. The van der Waals surface area contributed by atoms with Gasteiger partial charge >= 0.3 is 0 Å². The molecule has 1 heterocycles. The minimum atomic E-state index is -0.0438. The molecule has 0 fully saturated rings. The Labute approximate surface area is 126 Å². The van der Waals surface area contributed by atoms with Crippen molar-refractivity contribution in [3.63, 3.8) is 0 Å². The Morgan fingerprint density at radius 3 is 2.60 bits per heavy atom. The fourth-order valence-corrected chi connectivity index (χ4v) is 2.68. The number of carbonyl (C=O) groups excluding carboxylic acids is 1. The van der Waals surface area contributed by atoms with E-state index in [1.165, 1.54) is 5.56 Å². The molecule has 3 rings (SSSR count). The fraction of sp³-hybridized carbons (Fsp3) is 0.118. The maximum absolute atomic E-state index is 12.1. The van der Waals surface area contributed by atoms with Crippen LogP contribution in [0.3, 0.4) is 0 Å². The van der Waals surface area contributed by atoms with Gasteiger partial charge in [-0.2, -0.15) is 0 Å². The third-order valence-corrected chi connectivity index (χ3v) is 3.96. The van der Waals surface area contributed by atoms with Crippen molar-refractivity contribution in [3.8, 4) is 0 Å². The number of benzene rings is 2. The van der Waals surface area contributed by atoms with Gasteiger partial charge in [0.25, 0.3) is 5.91 Å². The molecule has 0 bridgehead atoms. The smallest absolute Gasteiger partial charge is 0.256 e. The molecule has 0 unspecified atom stereocenters. The monoisotopic (exact) mass is 327 g/mol.